The maximum atomic E-state index is 12.1. The van der Waals surface area contributed by atoms with Crippen LogP contribution >= 0.6 is 0 Å². The van der Waals surface area contributed by atoms with Crippen molar-refractivity contribution in [1.82, 2.24) is 0 Å². The van der Waals surface area contributed by atoms with E-state index in [4.69, 9.17) is 0 Å². The summed E-state index contributed by atoms with van der Waals surface area (Å²) < 4.78 is 0. The Balaban J connectivity index is 2.21. The van der Waals surface area contributed by atoms with E-state index in [0.717, 1.165) is 0 Å². The lowest BCUT2D eigenvalue weighted by Gasteiger charge is -2.03. The first-order valence-electron chi connectivity index (χ1n) is 6.30. The van der Waals surface area contributed by atoms with Crippen molar-refractivity contribution in [3.05, 3.63) is 35.9 Å². The molecular weight excluding hydrogens is 212 g/mol. The fourth-order valence-corrected chi connectivity index (χ4v) is 2.79. The maximum Gasteiger partial charge on any atom is 0.139 e. The molecule has 1 saturated carbocycles. The van der Waals surface area contributed by atoms with Gasteiger partial charge in [0.05, 0.1) is 6.10 Å². The monoisotopic (exact) mass is 232 g/mol. The third-order valence-electron chi connectivity index (χ3n) is 3.71. The Morgan fingerprint density at radius 3 is 2.24 bits per heavy atom. The number of carbonyl (C=O) groups excluding carboxylic acids is 1. The molecule has 0 heterocycles. The van der Waals surface area contributed by atoms with Crippen LogP contribution in [0, 0.1) is 17.8 Å². The first-order valence-corrected chi connectivity index (χ1v) is 6.30. The lowest BCUT2D eigenvalue weighted by molar-refractivity contribution is -0.123. The van der Waals surface area contributed by atoms with Crippen molar-refractivity contribution in [1.29, 1.82) is 0 Å². The molecule has 0 aromatic heterocycles. The van der Waals surface area contributed by atoms with Crippen LogP contribution in [0.15, 0.2) is 30.3 Å². The van der Waals surface area contributed by atoms with Gasteiger partial charge < -0.3 is 5.11 Å². The van der Waals surface area contributed by atoms with Gasteiger partial charge in [-0.15, -0.1) is 0 Å². The molecule has 1 aromatic rings. The van der Waals surface area contributed by atoms with Crippen molar-refractivity contribution in [2.45, 2.75) is 32.8 Å². The second-order valence-corrected chi connectivity index (χ2v) is 5.34. The molecule has 0 spiro atoms. The van der Waals surface area contributed by atoms with Crippen molar-refractivity contribution in [2.24, 2.45) is 17.8 Å². The molecule has 1 fully saturated rings. The summed E-state index contributed by atoms with van der Waals surface area (Å²) in [5, 5.41) is 9.77. The molecule has 2 nitrogen and oxygen atoms in total. The molecule has 1 N–H and O–H groups in total. The summed E-state index contributed by atoms with van der Waals surface area (Å²) in [6.07, 6.45) is -0.409. The number of Topliss-reactive ketones (excluding diaryl/α,β-unsaturated/α-hetero) is 1. The third-order valence-corrected chi connectivity index (χ3v) is 3.71. The van der Waals surface area contributed by atoms with E-state index in [1.165, 1.54) is 5.56 Å². The summed E-state index contributed by atoms with van der Waals surface area (Å²) in [7, 11) is 0. The Morgan fingerprint density at radius 1 is 1.18 bits per heavy atom. The second-order valence-electron chi connectivity index (χ2n) is 5.34. The first kappa shape index (κ1) is 12.3. The van der Waals surface area contributed by atoms with Crippen LogP contribution in [0.3, 0.4) is 0 Å². The molecule has 0 unspecified atom stereocenters. The average Bonchev–Trinajstić information content (AvgIpc) is 3.04. The summed E-state index contributed by atoms with van der Waals surface area (Å²) in [6, 6.07) is 10.1. The fraction of sp³-hybridized carbons (Fsp3) is 0.533. The lowest BCUT2D eigenvalue weighted by atomic mass is 10.0. The topological polar surface area (TPSA) is 37.3 Å². The molecule has 1 aliphatic rings. The molecule has 2 heteroatoms. The van der Waals surface area contributed by atoms with E-state index in [-0.39, 0.29) is 29.5 Å². The van der Waals surface area contributed by atoms with Gasteiger partial charge in [0.25, 0.3) is 0 Å². The van der Waals surface area contributed by atoms with Gasteiger partial charge in [-0.25, -0.2) is 0 Å². The molecule has 0 aliphatic heterocycles. The van der Waals surface area contributed by atoms with E-state index < -0.39 is 6.10 Å². The van der Waals surface area contributed by atoms with Crippen molar-refractivity contribution in [3.8, 4) is 0 Å². The van der Waals surface area contributed by atoms with Crippen LogP contribution in [0.1, 0.15) is 32.3 Å². The number of hydrogen-bond acceptors (Lipinski definition) is 2. The quantitative estimate of drug-likeness (QED) is 0.866. The van der Waals surface area contributed by atoms with Gasteiger partial charge in [-0.3, -0.25) is 4.79 Å². The van der Waals surface area contributed by atoms with Crippen LogP contribution in [0.5, 0.6) is 0 Å². The summed E-state index contributed by atoms with van der Waals surface area (Å²) in [6.45, 7) is 5.65. The van der Waals surface area contributed by atoms with Gasteiger partial charge in [-0.05, 0) is 18.4 Å². The molecule has 0 bridgehead atoms. The van der Waals surface area contributed by atoms with Crippen molar-refractivity contribution in [2.75, 3.05) is 0 Å². The molecule has 1 aromatic carbocycles. The smallest absolute Gasteiger partial charge is 0.139 e. The molecule has 92 valence electrons. The number of hydrogen-bond donors (Lipinski definition) is 1. The van der Waals surface area contributed by atoms with Gasteiger partial charge in [-0.1, -0.05) is 44.2 Å². The van der Waals surface area contributed by atoms with E-state index in [1.807, 2.05) is 44.2 Å². The summed E-state index contributed by atoms with van der Waals surface area (Å²) in [5.41, 5.74) is 1.18. The molecule has 4 atom stereocenters. The second kappa shape index (κ2) is 4.61. The Bertz CT molecular complexity index is 395. The molecule has 0 amide bonds. The zero-order valence-electron chi connectivity index (χ0n) is 10.6. The van der Waals surface area contributed by atoms with Crippen LogP contribution in [0.25, 0.3) is 0 Å². The largest absolute Gasteiger partial charge is 0.393 e. The van der Waals surface area contributed by atoms with E-state index in [1.54, 1.807) is 6.92 Å². The van der Waals surface area contributed by atoms with Gasteiger partial charge in [-0.2, -0.15) is 0 Å². The van der Waals surface area contributed by atoms with Crippen LogP contribution in [0.2, 0.25) is 0 Å². The Morgan fingerprint density at radius 2 is 1.76 bits per heavy atom. The zero-order chi connectivity index (χ0) is 12.6. The number of rotatable bonds is 4. The molecule has 2 rings (SSSR count). The standard InChI is InChI=1S/C15H20O2/c1-9(2)15(17)14-12(10(3)16)13(14)11-7-5-4-6-8-11/h4-10,12-14,16H,1-3H3/t10-,12-,13+,14+/m1/s1. The molecular formula is C15H20O2. The van der Waals surface area contributed by atoms with E-state index in [0.29, 0.717) is 0 Å². The highest BCUT2D eigenvalue weighted by Crippen LogP contribution is 2.56. The summed E-state index contributed by atoms with van der Waals surface area (Å²) in [4.78, 5) is 12.1. The van der Waals surface area contributed by atoms with Gasteiger partial charge >= 0.3 is 0 Å². The normalized spacial score (nSPS) is 29.1. The predicted molar refractivity (Wildman–Crippen MR) is 67.7 cm³/mol. The number of aliphatic hydroxyl groups is 1. The van der Waals surface area contributed by atoms with Crippen LogP contribution in [-0.2, 0) is 4.79 Å². The van der Waals surface area contributed by atoms with Crippen LogP contribution < -0.4 is 0 Å². The Kier molecular flexibility index (Phi) is 3.34. The van der Waals surface area contributed by atoms with Gasteiger partial charge in [0, 0.05) is 17.8 Å². The average molecular weight is 232 g/mol. The highest BCUT2D eigenvalue weighted by atomic mass is 16.3. The van der Waals surface area contributed by atoms with Gasteiger partial charge in [0.1, 0.15) is 5.78 Å². The number of ketones is 1. The van der Waals surface area contributed by atoms with Crippen molar-refractivity contribution in [3.63, 3.8) is 0 Å². The Hall–Kier alpha value is -1.15. The number of aliphatic hydroxyl groups excluding tert-OH is 1. The minimum absolute atomic E-state index is 0.0115. The summed E-state index contributed by atoms with van der Waals surface area (Å²) in [5.74, 6) is 0.663. The Labute approximate surface area is 103 Å². The van der Waals surface area contributed by atoms with Gasteiger partial charge in [0.15, 0.2) is 0 Å². The van der Waals surface area contributed by atoms with E-state index >= 15 is 0 Å². The maximum absolute atomic E-state index is 12.1. The van der Waals surface area contributed by atoms with Gasteiger partial charge in [0.2, 0.25) is 0 Å². The summed E-state index contributed by atoms with van der Waals surface area (Å²) >= 11 is 0. The highest BCUT2D eigenvalue weighted by Gasteiger charge is 2.57. The van der Waals surface area contributed by atoms with E-state index in [2.05, 4.69) is 0 Å². The molecule has 17 heavy (non-hydrogen) atoms. The minimum atomic E-state index is -0.409. The molecule has 1 aliphatic carbocycles. The zero-order valence-corrected chi connectivity index (χ0v) is 10.6. The van der Waals surface area contributed by atoms with Crippen molar-refractivity contribution < 1.29 is 9.90 Å². The number of carbonyl (C=O) groups is 1. The fourth-order valence-electron chi connectivity index (χ4n) is 2.79. The SMILES string of the molecule is CC(C)C(=O)[C@@H]1[C@@H](c2ccccc2)[C@H]1[C@@H](C)O. The van der Waals surface area contributed by atoms with E-state index in [9.17, 15) is 9.90 Å². The first-order chi connectivity index (χ1) is 8.04. The molecule has 0 saturated heterocycles. The van der Waals surface area contributed by atoms with Crippen LogP contribution in [-0.4, -0.2) is 17.0 Å². The lowest BCUT2D eigenvalue weighted by Crippen LogP contribution is -2.14. The molecule has 0 radical (unpaired) electrons. The minimum Gasteiger partial charge on any atom is -0.393 e. The van der Waals surface area contributed by atoms with Crippen molar-refractivity contribution >= 4 is 5.78 Å². The number of benzene rings is 1. The predicted octanol–water partition coefficient (Wildman–Crippen LogP) is 2.62. The third kappa shape index (κ3) is 2.27. The highest BCUT2D eigenvalue weighted by molar-refractivity contribution is 5.87. The van der Waals surface area contributed by atoms with Crippen LogP contribution in [0.4, 0.5) is 0 Å².